The van der Waals surface area contributed by atoms with Crippen LogP contribution in [0.5, 0.6) is 5.75 Å². The molecule has 28 heavy (non-hydrogen) atoms. The molecule has 2 saturated heterocycles. The Morgan fingerprint density at radius 2 is 1.71 bits per heavy atom. The van der Waals surface area contributed by atoms with E-state index in [4.69, 9.17) is 0 Å². The molecule has 2 amide bonds. The number of anilines is 1. The predicted octanol–water partition coefficient (Wildman–Crippen LogP) is 2.36. The molecule has 0 aliphatic carbocycles. The Morgan fingerprint density at radius 1 is 1.07 bits per heavy atom. The van der Waals surface area contributed by atoms with Gasteiger partial charge in [-0.25, -0.2) is 13.2 Å². The highest BCUT2D eigenvalue weighted by atomic mass is 32.2. The molecule has 2 N–H and O–H groups in total. The third-order valence-electron chi connectivity index (χ3n) is 4.83. The quantitative estimate of drug-likeness (QED) is 0.779. The van der Waals surface area contributed by atoms with E-state index < -0.39 is 16.2 Å². The maximum absolute atomic E-state index is 12.3. The molecule has 1 aromatic rings. The first-order chi connectivity index (χ1) is 13.1. The summed E-state index contributed by atoms with van der Waals surface area (Å²) in [7, 11) is -2.93. The van der Waals surface area contributed by atoms with Gasteiger partial charge in [0, 0.05) is 30.9 Å². The van der Waals surface area contributed by atoms with Crippen LogP contribution in [0.1, 0.15) is 19.3 Å². The van der Waals surface area contributed by atoms with Gasteiger partial charge in [-0.15, -0.1) is 13.2 Å². The minimum atomic E-state index is -4.76. The number of nitrogens with zero attached hydrogens (tertiary/aromatic N) is 1. The summed E-state index contributed by atoms with van der Waals surface area (Å²) in [6.07, 6.45) is -2.71. The average Bonchev–Trinajstić information content (AvgIpc) is 2.94. The number of ether oxygens (including phenoxy) is 1. The molecule has 7 nitrogen and oxygen atoms in total. The molecule has 2 aliphatic rings. The van der Waals surface area contributed by atoms with E-state index in [-0.39, 0.29) is 35.4 Å². The fraction of sp³-hybridized carbons (Fsp3) is 0.588. The molecule has 11 heteroatoms. The van der Waals surface area contributed by atoms with Crippen molar-refractivity contribution in [1.82, 2.24) is 10.2 Å². The minimum Gasteiger partial charge on any atom is -0.406 e. The fourth-order valence-electron chi connectivity index (χ4n) is 3.45. The Labute approximate surface area is 161 Å². The Morgan fingerprint density at radius 3 is 2.25 bits per heavy atom. The predicted molar refractivity (Wildman–Crippen MR) is 96.9 cm³/mol. The van der Waals surface area contributed by atoms with E-state index in [1.165, 1.54) is 12.1 Å². The maximum Gasteiger partial charge on any atom is 0.573 e. The third-order valence-corrected chi connectivity index (χ3v) is 6.59. The normalized spacial score (nSPS) is 22.8. The summed E-state index contributed by atoms with van der Waals surface area (Å²) in [6.45, 7) is 1.02. The highest BCUT2D eigenvalue weighted by Gasteiger charge is 2.32. The van der Waals surface area contributed by atoms with Crippen LogP contribution in [0, 0.1) is 0 Å². The third kappa shape index (κ3) is 5.99. The maximum atomic E-state index is 12.3. The molecule has 0 saturated carbocycles. The molecule has 1 atom stereocenters. The zero-order chi connectivity index (χ0) is 20.4. The van der Waals surface area contributed by atoms with Crippen LogP contribution in [-0.2, 0) is 9.84 Å². The van der Waals surface area contributed by atoms with Crippen molar-refractivity contribution in [1.29, 1.82) is 0 Å². The van der Waals surface area contributed by atoms with Crippen LogP contribution in [0.3, 0.4) is 0 Å². The summed E-state index contributed by atoms with van der Waals surface area (Å²) in [5.41, 5.74) is 0.371. The summed E-state index contributed by atoms with van der Waals surface area (Å²) >= 11 is 0. The van der Waals surface area contributed by atoms with Gasteiger partial charge >= 0.3 is 12.4 Å². The number of halogens is 3. The first-order valence-electron chi connectivity index (χ1n) is 8.98. The fourth-order valence-corrected chi connectivity index (χ4v) is 5.14. The molecule has 2 aliphatic heterocycles. The lowest BCUT2D eigenvalue weighted by atomic mass is 10.0. The van der Waals surface area contributed by atoms with Gasteiger partial charge < -0.3 is 20.3 Å². The van der Waals surface area contributed by atoms with Gasteiger partial charge in [-0.3, -0.25) is 0 Å². The van der Waals surface area contributed by atoms with E-state index >= 15 is 0 Å². The summed E-state index contributed by atoms with van der Waals surface area (Å²) in [6, 6.07) is 4.77. The number of alkyl halides is 3. The van der Waals surface area contributed by atoms with Crippen LogP contribution in [0.25, 0.3) is 0 Å². The first kappa shape index (κ1) is 20.7. The number of sulfone groups is 1. The van der Waals surface area contributed by atoms with Crippen LogP contribution >= 0.6 is 0 Å². The molecule has 1 unspecified atom stereocenters. The van der Waals surface area contributed by atoms with E-state index in [2.05, 4.69) is 15.4 Å². The molecule has 0 bridgehead atoms. The topological polar surface area (TPSA) is 87.7 Å². The van der Waals surface area contributed by atoms with E-state index in [1.807, 2.05) is 0 Å². The molecule has 2 heterocycles. The second kappa shape index (κ2) is 8.16. The van der Waals surface area contributed by atoms with Crippen molar-refractivity contribution in [2.24, 2.45) is 0 Å². The standard InChI is InChI=1S/C17H22F3N3O4S/c18-17(19,20)27-15-3-1-12(2-4-15)22-16(24)23-8-5-13(6-9-23)21-14-7-10-28(25,26)11-14/h1-4,13-14,21H,5-11H2,(H,22,24). The number of carbonyl (C=O) groups is 1. The highest BCUT2D eigenvalue weighted by molar-refractivity contribution is 7.91. The lowest BCUT2D eigenvalue weighted by Gasteiger charge is -2.33. The molecule has 0 radical (unpaired) electrons. The molecule has 1 aromatic carbocycles. The highest BCUT2D eigenvalue weighted by Crippen LogP contribution is 2.24. The van der Waals surface area contributed by atoms with E-state index in [0.717, 1.165) is 12.1 Å². The van der Waals surface area contributed by atoms with E-state index in [0.29, 0.717) is 38.0 Å². The SMILES string of the molecule is O=C(Nc1ccc(OC(F)(F)F)cc1)N1CCC(NC2CCS(=O)(=O)C2)CC1. The molecule has 156 valence electrons. The van der Waals surface area contributed by atoms with Gasteiger partial charge in [0.25, 0.3) is 0 Å². The van der Waals surface area contributed by atoms with Crippen LogP contribution < -0.4 is 15.4 Å². The molecular weight excluding hydrogens is 399 g/mol. The van der Waals surface area contributed by atoms with Gasteiger partial charge in [0.1, 0.15) is 5.75 Å². The van der Waals surface area contributed by atoms with Crippen LogP contribution in [0.4, 0.5) is 23.7 Å². The van der Waals surface area contributed by atoms with Crippen molar-refractivity contribution >= 4 is 21.6 Å². The van der Waals surface area contributed by atoms with Crippen LogP contribution in [0.15, 0.2) is 24.3 Å². The number of hydrogen-bond donors (Lipinski definition) is 2. The van der Waals surface area contributed by atoms with Gasteiger partial charge in [-0.1, -0.05) is 0 Å². The number of nitrogens with one attached hydrogen (secondary N) is 2. The number of likely N-dealkylation sites (tertiary alicyclic amines) is 1. The molecule has 2 fully saturated rings. The number of rotatable bonds is 4. The number of carbonyl (C=O) groups excluding carboxylic acids is 1. The minimum absolute atomic E-state index is 0.0205. The average molecular weight is 421 g/mol. The Balaban J connectivity index is 1.44. The Bertz CT molecular complexity index is 791. The van der Waals surface area contributed by atoms with Gasteiger partial charge in [-0.05, 0) is 43.5 Å². The summed E-state index contributed by atoms with van der Waals surface area (Å²) in [4.78, 5) is 14.0. The molecule has 3 rings (SSSR count). The van der Waals surface area contributed by atoms with Crippen molar-refractivity contribution in [2.45, 2.75) is 37.7 Å². The number of amides is 2. The van der Waals surface area contributed by atoms with Crippen molar-refractivity contribution in [3.8, 4) is 5.75 Å². The lowest BCUT2D eigenvalue weighted by molar-refractivity contribution is -0.274. The van der Waals surface area contributed by atoms with Gasteiger partial charge in [0.15, 0.2) is 9.84 Å². The second-order valence-electron chi connectivity index (χ2n) is 7.03. The number of benzene rings is 1. The Hall–Kier alpha value is -2.01. The second-order valence-corrected chi connectivity index (χ2v) is 9.26. The molecule has 0 spiro atoms. The van der Waals surface area contributed by atoms with Crippen molar-refractivity contribution in [3.05, 3.63) is 24.3 Å². The molecular formula is C17H22F3N3O4S. The van der Waals surface area contributed by atoms with Gasteiger partial charge in [-0.2, -0.15) is 0 Å². The van der Waals surface area contributed by atoms with Crippen molar-refractivity contribution in [2.75, 3.05) is 29.9 Å². The first-order valence-corrected chi connectivity index (χ1v) is 10.8. The van der Waals surface area contributed by atoms with Crippen molar-refractivity contribution in [3.63, 3.8) is 0 Å². The van der Waals surface area contributed by atoms with Crippen LogP contribution in [-0.4, -0.2) is 62.4 Å². The zero-order valence-electron chi connectivity index (χ0n) is 15.0. The summed E-state index contributed by atoms with van der Waals surface area (Å²) < 4.78 is 63.3. The van der Waals surface area contributed by atoms with Crippen LogP contribution in [0.2, 0.25) is 0 Å². The number of urea groups is 1. The number of hydrogen-bond acceptors (Lipinski definition) is 5. The van der Waals surface area contributed by atoms with Gasteiger partial charge in [0.05, 0.1) is 11.5 Å². The number of piperidine rings is 1. The molecule has 0 aromatic heterocycles. The van der Waals surface area contributed by atoms with Crippen molar-refractivity contribution < 1.29 is 31.1 Å². The van der Waals surface area contributed by atoms with Gasteiger partial charge in [0.2, 0.25) is 0 Å². The smallest absolute Gasteiger partial charge is 0.406 e. The van der Waals surface area contributed by atoms with E-state index in [9.17, 15) is 26.4 Å². The summed E-state index contributed by atoms with van der Waals surface area (Å²) in [5.74, 6) is 0.0341. The monoisotopic (exact) mass is 421 g/mol. The Kier molecular flexibility index (Phi) is 6.04. The largest absolute Gasteiger partial charge is 0.573 e. The lowest BCUT2D eigenvalue weighted by Crippen LogP contribution is -2.49. The summed E-state index contributed by atoms with van der Waals surface area (Å²) in [5, 5.41) is 6.01. The zero-order valence-corrected chi connectivity index (χ0v) is 15.9. The van der Waals surface area contributed by atoms with E-state index in [1.54, 1.807) is 4.90 Å².